The Morgan fingerprint density at radius 3 is 2.47 bits per heavy atom. The lowest BCUT2D eigenvalue weighted by Gasteiger charge is -2.21. The van der Waals surface area contributed by atoms with E-state index in [0.717, 1.165) is 4.90 Å². The number of hydrogen-bond acceptors (Lipinski definition) is 3. The van der Waals surface area contributed by atoms with Crippen LogP contribution in [0, 0.1) is 3.57 Å². The lowest BCUT2D eigenvalue weighted by molar-refractivity contribution is -0.141. The molecule has 1 aromatic rings. The highest BCUT2D eigenvalue weighted by atomic mass is 127. The first-order chi connectivity index (χ1) is 7.84. The molecule has 1 unspecified atom stereocenters. The Balaban J connectivity index is 2.96. The van der Waals surface area contributed by atoms with Crippen molar-refractivity contribution in [3.63, 3.8) is 0 Å². The Morgan fingerprint density at radius 2 is 2.00 bits per heavy atom. The van der Waals surface area contributed by atoms with Gasteiger partial charge in [0.2, 0.25) is 0 Å². The second kappa shape index (κ2) is 5.35. The van der Waals surface area contributed by atoms with Gasteiger partial charge in [0.1, 0.15) is 11.8 Å². The summed E-state index contributed by atoms with van der Waals surface area (Å²) >= 11 is 1.94. The first-order valence-corrected chi connectivity index (χ1v) is 5.91. The third-order valence-electron chi connectivity index (χ3n) is 2.45. The van der Waals surface area contributed by atoms with Crippen molar-refractivity contribution in [1.29, 1.82) is 0 Å². The van der Waals surface area contributed by atoms with Gasteiger partial charge in [-0.15, -0.1) is 0 Å². The van der Waals surface area contributed by atoms with Crippen LogP contribution in [-0.4, -0.2) is 40.1 Å². The van der Waals surface area contributed by atoms with Crippen LogP contribution in [-0.2, 0) is 4.79 Å². The molecule has 0 heterocycles. The molecule has 0 saturated heterocycles. The number of aliphatic carboxylic acids is 1. The number of carbonyl (C=O) groups excluding carboxylic acids is 1. The lowest BCUT2D eigenvalue weighted by atomic mass is 10.1. The number of aromatic hydroxyl groups is 1. The maximum Gasteiger partial charge on any atom is 0.326 e. The normalized spacial score (nSPS) is 11.9. The van der Waals surface area contributed by atoms with Gasteiger partial charge in [0.15, 0.2) is 0 Å². The molecule has 2 N–H and O–H groups in total. The second-order valence-corrected chi connectivity index (χ2v) is 4.76. The van der Waals surface area contributed by atoms with Crippen LogP contribution >= 0.6 is 22.6 Å². The smallest absolute Gasteiger partial charge is 0.326 e. The van der Waals surface area contributed by atoms with E-state index in [4.69, 9.17) is 5.11 Å². The van der Waals surface area contributed by atoms with Gasteiger partial charge in [-0.3, -0.25) is 4.79 Å². The molecular weight excluding hydrogens is 337 g/mol. The van der Waals surface area contributed by atoms with Crippen molar-refractivity contribution >= 4 is 34.5 Å². The molecular formula is C11H12INO4. The quantitative estimate of drug-likeness (QED) is 0.812. The number of halogens is 1. The molecule has 1 atom stereocenters. The van der Waals surface area contributed by atoms with Crippen molar-refractivity contribution in [2.75, 3.05) is 7.05 Å². The highest BCUT2D eigenvalue weighted by Crippen LogP contribution is 2.21. The maximum absolute atomic E-state index is 11.9. The number of hydrogen-bond donors (Lipinski definition) is 2. The second-order valence-electron chi connectivity index (χ2n) is 3.60. The Labute approximate surface area is 112 Å². The van der Waals surface area contributed by atoms with E-state index in [1.165, 1.54) is 20.0 Å². The minimum Gasteiger partial charge on any atom is -0.507 e. The largest absolute Gasteiger partial charge is 0.507 e. The number of carboxylic acid groups (broad SMARTS) is 1. The van der Waals surface area contributed by atoms with Crippen LogP contribution in [0.1, 0.15) is 17.3 Å². The molecule has 1 rings (SSSR count). The Bertz CT molecular complexity index is 461. The number of benzene rings is 1. The summed E-state index contributed by atoms with van der Waals surface area (Å²) in [6, 6.07) is 3.57. The molecule has 1 amide bonds. The minimum absolute atomic E-state index is 0.00725. The number of amides is 1. The maximum atomic E-state index is 11.9. The summed E-state index contributed by atoms with van der Waals surface area (Å²) in [5.41, 5.74) is 0.263. The highest BCUT2D eigenvalue weighted by Gasteiger charge is 2.23. The fourth-order valence-corrected chi connectivity index (χ4v) is 1.53. The Kier molecular flexibility index (Phi) is 4.33. The van der Waals surface area contributed by atoms with Crippen LogP contribution in [0.5, 0.6) is 5.75 Å². The third kappa shape index (κ3) is 3.09. The van der Waals surface area contributed by atoms with Gasteiger partial charge in [-0.1, -0.05) is 0 Å². The SMILES string of the molecule is CC(C(=O)O)N(C)C(=O)c1ccc(I)c(O)c1. The van der Waals surface area contributed by atoms with Gasteiger partial charge in [0.05, 0.1) is 3.57 Å². The van der Waals surface area contributed by atoms with E-state index in [-0.39, 0.29) is 11.3 Å². The van der Waals surface area contributed by atoms with E-state index in [2.05, 4.69) is 0 Å². The van der Waals surface area contributed by atoms with Crippen LogP contribution in [0.25, 0.3) is 0 Å². The van der Waals surface area contributed by atoms with Crippen molar-refractivity contribution in [1.82, 2.24) is 4.90 Å². The fraction of sp³-hybridized carbons (Fsp3) is 0.273. The topological polar surface area (TPSA) is 77.8 Å². The standard InChI is InChI=1S/C11H12INO4/c1-6(11(16)17)13(2)10(15)7-3-4-8(12)9(14)5-7/h3-6,14H,1-2H3,(H,16,17). The van der Waals surface area contributed by atoms with Gasteiger partial charge in [-0.2, -0.15) is 0 Å². The Hall–Kier alpha value is -1.31. The summed E-state index contributed by atoms with van der Waals surface area (Å²) in [5, 5.41) is 18.3. The molecule has 0 aromatic heterocycles. The zero-order chi connectivity index (χ0) is 13.2. The van der Waals surface area contributed by atoms with Crippen molar-refractivity contribution < 1.29 is 19.8 Å². The number of carboxylic acids is 1. The molecule has 92 valence electrons. The van der Waals surface area contributed by atoms with E-state index >= 15 is 0 Å². The van der Waals surface area contributed by atoms with Crippen LogP contribution in [0.4, 0.5) is 0 Å². The zero-order valence-corrected chi connectivity index (χ0v) is 11.5. The summed E-state index contributed by atoms with van der Waals surface area (Å²) in [6.07, 6.45) is 0. The summed E-state index contributed by atoms with van der Waals surface area (Å²) in [4.78, 5) is 23.8. The number of likely N-dealkylation sites (N-methyl/N-ethyl adjacent to an activating group) is 1. The average Bonchev–Trinajstić information content (AvgIpc) is 2.29. The van der Waals surface area contributed by atoms with Crippen molar-refractivity contribution in [3.05, 3.63) is 27.3 Å². The number of phenolic OH excluding ortho intramolecular Hbond substituents is 1. The van der Waals surface area contributed by atoms with Crippen LogP contribution in [0.2, 0.25) is 0 Å². The Morgan fingerprint density at radius 1 is 1.41 bits per heavy atom. The summed E-state index contributed by atoms with van der Waals surface area (Å²) in [5.74, 6) is -1.50. The zero-order valence-electron chi connectivity index (χ0n) is 9.35. The summed E-state index contributed by atoms with van der Waals surface area (Å²) < 4.78 is 0.632. The van der Waals surface area contributed by atoms with E-state index in [1.54, 1.807) is 12.1 Å². The van der Waals surface area contributed by atoms with Crippen molar-refractivity contribution in [3.8, 4) is 5.75 Å². The predicted octanol–water partition coefficient (Wildman–Crippen LogP) is 1.54. The molecule has 6 heteroatoms. The molecule has 1 aromatic carbocycles. The van der Waals surface area contributed by atoms with Crippen LogP contribution < -0.4 is 0 Å². The average molecular weight is 349 g/mol. The van der Waals surface area contributed by atoms with Crippen LogP contribution in [0.3, 0.4) is 0 Å². The minimum atomic E-state index is -1.07. The van der Waals surface area contributed by atoms with E-state index in [0.29, 0.717) is 3.57 Å². The lowest BCUT2D eigenvalue weighted by Crippen LogP contribution is -2.40. The first-order valence-electron chi connectivity index (χ1n) is 4.83. The monoisotopic (exact) mass is 349 g/mol. The first kappa shape index (κ1) is 13.8. The summed E-state index contributed by atoms with van der Waals surface area (Å²) in [7, 11) is 1.41. The molecule has 5 nitrogen and oxygen atoms in total. The van der Waals surface area contributed by atoms with E-state index in [1.807, 2.05) is 22.6 Å². The summed E-state index contributed by atoms with van der Waals surface area (Å²) in [6.45, 7) is 1.42. The third-order valence-corrected chi connectivity index (χ3v) is 3.36. The number of nitrogens with zero attached hydrogens (tertiary/aromatic N) is 1. The van der Waals surface area contributed by atoms with E-state index < -0.39 is 17.9 Å². The molecule has 17 heavy (non-hydrogen) atoms. The van der Waals surface area contributed by atoms with Gasteiger partial charge in [-0.25, -0.2) is 4.79 Å². The predicted molar refractivity (Wildman–Crippen MR) is 70.0 cm³/mol. The molecule has 0 aliphatic heterocycles. The molecule has 0 aliphatic carbocycles. The van der Waals surface area contributed by atoms with Gasteiger partial charge in [0, 0.05) is 12.6 Å². The van der Waals surface area contributed by atoms with E-state index in [9.17, 15) is 14.7 Å². The molecule has 0 saturated carbocycles. The van der Waals surface area contributed by atoms with Crippen LogP contribution in [0.15, 0.2) is 18.2 Å². The van der Waals surface area contributed by atoms with Crippen molar-refractivity contribution in [2.24, 2.45) is 0 Å². The van der Waals surface area contributed by atoms with Gasteiger partial charge >= 0.3 is 5.97 Å². The number of rotatable bonds is 3. The van der Waals surface area contributed by atoms with Crippen molar-refractivity contribution in [2.45, 2.75) is 13.0 Å². The van der Waals surface area contributed by atoms with Gasteiger partial charge in [0.25, 0.3) is 5.91 Å². The molecule has 0 bridgehead atoms. The molecule has 0 radical (unpaired) electrons. The number of phenols is 1. The number of carbonyl (C=O) groups is 2. The molecule has 0 spiro atoms. The van der Waals surface area contributed by atoms with Gasteiger partial charge < -0.3 is 15.1 Å². The highest BCUT2D eigenvalue weighted by molar-refractivity contribution is 14.1. The van der Waals surface area contributed by atoms with Gasteiger partial charge in [-0.05, 0) is 47.7 Å². The fourth-order valence-electron chi connectivity index (χ4n) is 1.19. The molecule has 0 fully saturated rings. The molecule has 0 aliphatic rings.